The minimum atomic E-state index is -0.102. The molecular weight excluding hydrogens is 346 g/mol. The second kappa shape index (κ2) is 7.83. The number of pyridine rings is 1. The first kappa shape index (κ1) is 17.0. The lowest BCUT2D eigenvalue weighted by Crippen LogP contribution is -2.27. The van der Waals surface area contributed by atoms with Crippen LogP contribution in [0, 0.1) is 0 Å². The lowest BCUT2D eigenvalue weighted by Gasteiger charge is -2.12. The second-order valence-electron chi connectivity index (χ2n) is 6.31. The van der Waals surface area contributed by atoms with Gasteiger partial charge < -0.3 is 14.6 Å². The molecule has 0 saturated carbocycles. The summed E-state index contributed by atoms with van der Waals surface area (Å²) < 4.78 is 8.01. The number of aromatic nitrogens is 2. The van der Waals surface area contributed by atoms with Crippen molar-refractivity contribution in [1.29, 1.82) is 0 Å². The highest BCUT2D eigenvalue weighted by atomic mass is 32.2. The van der Waals surface area contributed by atoms with Crippen molar-refractivity contribution in [2.75, 3.05) is 18.1 Å². The highest BCUT2D eigenvalue weighted by Crippen LogP contribution is 2.22. The van der Waals surface area contributed by atoms with Crippen molar-refractivity contribution < 1.29 is 9.53 Å². The number of nitrogens with one attached hydrogen (secondary N) is 1. The van der Waals surface area contributed by atoms with E-state index in [4.69, 9.17) is 4.74 Å². The number of para-hydroxylation sites is 1. The van der Waals surface area contributed by atoms with Crippen molar-refractivity contribution in [3.63, 3.8) is 0 Å². The standard InChI is InChI=1S/C20H21N3O2S/c24-20(16-5-8-21-19(13-16)25-17-7-12-26-14-17)22-9-11-23-10-6-15-3-1-2-4-18(15)23/h1-6,8,10,13,17H,7,9,11-12,14H2,(H,22,24). The predicted octanol–water partition coefficient (Wildman–Crippen LogP) is 3.35. The summed E-state index contributed by atoms with van der Waals surface area (Å²) in [5, 5.41) is 4.18. The summed E-state index contributed by atoms with van der Waals surface area (Å²) in [6.45, 7) is 1.29. The summed E-state index contributed by atoms with van der Waals surface area (Å²) in [6, 6.07) is 13.8. The van der Waals surface area contributed by atoms with E-state index in [-0.39, 0.29) is 12.0 Å². The molecule has 1 saturated heterocycles. The Bertz CT molecular complexity index is 903. The average molecular weight is 367 g/mol. The minimum absolute atomic E-state index is 0.102. The highest BCUT2D eigenvalue weighted by Gasteiger charge is 2.18. The van der Waals surface area contributed by atoms with Crippen LogP contribution in [0.15, 0.2) is 54.9 Å². The van der Waals surface area contributed by atoms with Gasteiger partial charge in [0, 0.05) is 48.4 Å². The Kier molecular flexibility index (Phi) is 5.11. The number of ether oxygens (including phenoxy) is 1. The Balaban J connectivity index is 1.34. The molecule has 5 nitrogen and oxygen atoms in total. The van der Waals surface area contributed by atoms with E-state index in [1.54, 1.807) is 18.3 Å². The average Bonchev–Trinajstić information content (AvgIpc) is 3.32. The van der Waals surface area contributed by atoms with Crippen molar-refractivity contribution in [2.24, 2.45) is 0 Å². The van der Waals surface area contributed by atoms with Gasteiger partial charge in [0.05, 0.1) is 0 Å². The molecule has 1 fully saturated rings. The van der Waals surface area contributed by atoms with Crippen LogP contribution in [-0.4, -0.2) is 39.6 Å². The number of carbonyl (C=O) groups excluding carboxylic acids is 1. The van der Waals surface area contributed by atoms with Crippen molar-refractivity contribution in [1.82, 2.24) is 14.9 Å². The molecule has 0 radical (unpaired) electrons. The molecule has 3 aromatic rings. The molecule has 1 aliphatic heterocycles. The van der Waals surface area contributed by atoms with Gasteiger partial charge in [-0.3, -0.25) is 4.79 Å². The van der Waals surface area contributed by atoms with Gasteiger partial charge in [-0.15, -0.1) is 0 Å². The third kappa shape index (κ3) is 3.85. The third-order valence-electron chi connectivity index (χ3n) is 4.49. The molecule has 1 amide bonds. The van der Waals surface area contributed by atoms with Crippen LogP contribution < -0.4 is 10.1 Å². The molecule has 4 rings (SSSR count). The number of fused-ring (bicyclic) bond motifs is 1. The van der Waals surface area contributed by atoms with Crippen LogP contribution in [0.4, 0.5) is 0 Å². The molecule has 26 heavy (non-hydrogen) atoms. The molecule has 6 heteroatoms. The molecule has 1 N–H and O–H groups in total. The fourth-order valence-corrected chi connectivity index (χ4v) is 4.21. The van der Waals surface area contributed by atoms with Crippen LogP contribution >= 0.6 is 11.8 Å². The van der Waals surface area contributed by atoms with Crippen LogP contribution in [0.25, 0.3) is 10.9 Å². The van der Waals surface area contributed by atoms with Crippen molar-refractivity contribution in [3.05, 3.63) is 60.4 Å². The maximum absolute atomic E-state index is 12.4. The molecule has 0 bridgehead atoms. The molecule has 0 aliphatic carbocycles. The summed E-state index contributed by atoms with van der Waals surface area (Å²) >= 11 is 1.89. The summed E-state index contributed by atoms with van der Waals surface area (Å²) in [4.78, 5) is 16.6. The maximum atomic E-state index is 12.4. The van der Waals surface area contributed by atoms with Crippen molar-refractivity contribution in [3.8, 4) is 5.88 Å². The monoisotopic (exact) mass is 367 g/mol. The van der Waals surface area contributed by atoms with E-state index in [2.05, 4.69) is 39.3 Å². The van der Waals surface area contributed by atoms with Gasteiger partial charge in [-0.05, 0) is 35.8 Å². The lowest BCUT2D eigenvalue weighted by atomic mass is 10.2. The molecule has 1 atom stereocenters. The molecule has 1 aliphatic rings. The molecule has 134 valence electrons. The lowest BCUT2D eigenvalue weighted by molar-refractivity contribution is 0.0951. The van der Waals surface area contributed by atoms with E-state index in [1.807, 2.05) is 23.9 Å². The van der Waals surface area contributed by atoms with Crippen molar-refractivity contribution >= 4 is 28.6 Å². The highest BCUT2D eigenvalue weighted by molar-refractivity contribution is 7.99. The Morgan fingerprint density at radius 3 is 3.12 bits per heavy atom. The van der Waals surface area contributed by atoms with Gasteiger partial charge in [-0.2, -0.15) is 11.8 Å². The SMILES string of the molecule is O=C(NCCn1ccc2ccccc21)c1ccnc(OC2CCSC2)c1. The van der Waals surface area contributed by atoms with Crippen LogP contribution in [0.1, 0.15) is 16.8 Å². The number of hydrogen-bond acceptors (Lipinski definition) is 4. The third-order valence-corrected chi connectivity index (χ3v) is 5.62. The van der Waals surface area contributed by atoms with Crippen LogP contribution in [-0.2, 0) is 6.54 Å². The van der Waals surface area contributed by atoms with E-state index in [0.717, 1.165) is 24.5 Å². The van der Waals surface area contributed by atoms with Gasteiger partial charge in [-0.25, -0.2) is 4.98 Å². The number of carbonyl (C=O) groups is 1. The number of amides is 1. The molecule has 1 aromatic carbocycles. The fraction of sp³-hybridized carbons (Fsp3) is 0.300. The first-order valence-corrected chi connectivity index (χ1v) is 9.97. The smallest absolute Gasteiger partial charge is 0.251 e. The zero-order valence-corrected chi connectivity index (χ0v) is 15.2. The minimum Gasteiger partial charge on any atom is -0.473 e. The Hall–Kier alpha value is -2.47. The topological polar surface area (TPSA) is 56.2 Å². The van der Waals surface area contributed by atoms with E-state index >= 15 is 0 Å². The summed E-state index contributed by atoms with van der Waals surface area (Å²) in [5.74, 6) is 2.54. The van der Waals surface area contributed by atoms with Crippen LogP contribution in [0.5, 0.6) is 5.88 Å². The Labute approximate surface area is 156 Å². The molecule has 1 unspecified atom stereocenters. The van der Waals surface area contributed by atoms with Gasteiger partial charge in [-0.1, -0.05) is 18.2 Å². The summed E-state index contributed by atoms with van der Waals surface area (Å²) in [7, 11) is 0. The first-order valence-electron chi connectivity index (χ1n) is 8.82. The maximum Gasteiger partial charge on any atom is 0.251 e. The van der Waals surface area contributed by atoms with E-state index in [1.165, 1.54) is 10.9 Å². The van der Waals surface area contributed by atoms with Gasteiger partial charge in [0.25, 0.3) is 5.91 Å². The normalized spacial score (nSPS) is 16.7. The largest absolute Gasteiger partial charge is 0.473 e. The summed E-state index contributed by atoms with van der Waals surface area (Å²) in [5.41, 5.74) is 1.76. The van der Waals surface area contributed by atoms with Crippen LogP contribution in [0.3, 0.4) is 0 Å². The van der Waals surface area contributed by atoms with Gasteiger partial charge in [0.1, 0.15) is 6.10 Å². The fourth-order valence-electron chi connectivity index (χ4n) is 3.12. The number of hydrogen-bond donors (Lipinski definition) is 1. The number of benzene rings is 1. The quantitative estimate of drug-likeness (QED) is 0.726. The first-order chi connectivity index (χ1) is 12.8. The van der Waals surface area contributed by atoms with Gasteiger partial charge in [0.2, 0.25) is 5.88 Å². The van der Waals surface area contributed by atoms with Gasteiger partial charge >= 0.3 is 0 Å². The van der Waals surface area contributed by atoms with E-state index in [9.17, 15) is 4.79 Å². The molecule has 2 aromatic heterocycles. The zero-order valence-electron chi connectivity index (χ0n) is 14.4. The predicted molar refractivity (Wildman–Crippen MR) is 105 cm³/mol. The molecule has 0 spiro atoms. The number of rotatable bonds is 6. The van der Waals surface area contributed by atoms with Crippen LogP contribution in [0.2, 0.25) is 0 Å². The summed E-state index contributed by atoms with van der Waals surface area (Å²) in [6.07, 6.45) is 4.92. The number of nitrogens with zero attached hydrogens (tertiary/aromatic N) is 2. The Morgan fingerprint density at radius 1 is 1.31 bits per heavy atom. The molecule has 3 heterocycles. The van der Waals surface area contributed by atoms with E-state index < -0.39 is 0 Å². The van der Waals surface area contributed by atoms with Crippen molar-refractivity contribution in [2.45, 2.75) is 19.1 Å². The van der Waals surface area contributed by atoms with E-state index in [0.29, 0.717) is 18.0 Å². The zero-order chi connectivity index (χ0) is 17.8. The molecular formula is C20H21N3O2S. The Morgan fingerprint density at radius 2 is 2.23 bits per heavy atom. The number of thioether (sulfide) groups is 1. The second-order valence-corrected chi connectivity index (χ2v) is 7.46. The van der Waals surface area contributed by atoms with Gasteiger partial charge in [0.15, 0.2) is 0 Å².